The van der Waals surface area contributed by atoms with Crippen molar-refractivity contribution < 1.29 is 13.9 Å². The van der Waals surface area contributed by atoms with E-state index in [0.29, 0.717) is 26.3 Å². The minimum absolute atomic E-state index is 0.0472. The Kier molecular flexibility index (Phi) is 3.43. The van der Waals surface area contributed by atoms with Crippen molar-refractivity contribution in [1.82, 2.24) is 15.4 Å². The molecule has 0 aliphatic carbocycles. The lowest BCUT2D eigenvalue weighted by Gasteiger charge is -2.26. The summed E-state index contributed by atoms with van der Waals surface area (Å²) >= 11 is 0. The van der Waals surface area contributed by atoms with Gasteiger partial charge in [0.15, 0.2) is 0 Å². The van der Waals surface area contributed by atoms with Gasteiger partial charge in [0.2, 0.25) is 5.95 Å². The third kappa shape index (κ3) is 2.53. The number of morpholine rings is 1. The summed E-state index contributed by atoms with van der Waals surface area (Å²) in [4.78, 5) is 15.1. The van der Waals surface area contributed by atoms with E-state index < -0.39 is 11.9 Å². The number of halogens is 1. The number of hydrogen-bond acceptors (Lipinski definition) is 4. The summed E-state index contributed by atoms with van der Waals surface area (Å²) in [7, 11) is 0. The second-order valence-corrected chi connectivity index (χ2v) is 3.38. The van der Waals surface area contributed by atoms with E-state index in [9.17, 15) is 9.18 Å². The monoisotopic (exact) mass is 225 g/mol. The van der Waals surface area contributed by atoms with Gasteiger partial charge in [-0.05, 0) is 12.1 Å². The normalized spacial score (nSPS) is 17.1. The number of ether oxygens (including phenoxy) is 1. The smallest absolute Gasteiger partial charge is 0.270 e. The molecule has 2 rings (SSSR count). The predicted molar refractivity (Wildman–Crippen MR) is 54.1 cm³/mol. The van der Waals surface area contributed by atoms with E-state index in [4.69, 9.17) is 4.74 Å². The van der Waals surface area contributed by atoms with Crippen molar-refractivity contribution in [2.45, 2.75) is 0 Å². The molecule has 0 unspecified atom stereocenters. The Morgan fingerprint density at radius 2 is 2.25 bits per heavy atom. The lowest BCUT2D eigenvalue weighted by Crippen LogP contribution is -2.48. The topological polar surface area (TPSA) is 54.5 Å². The van der Waals surface area contributed by atoms with Crippen molar-refractivity contribution in [3.8, 4) is 0 Å². The lowest BCUT2D eigenvalue weighted by molar-refractivity contribution is 0.0125. The second kappa shape index (κ2) is 5.00. The largest absolute Gasteiger partial charge is 0.379 e. The summed E-state index contributed by atoms with van der Waals surface area (Å²) in [5, 5.41) is 1.71. The number of pyridine rings is 1. The Bertz CT molecular complexity index is 380. The first-order valence-electron chi connectivity index (χ1n) is 5.01. The number of carbonyl (C=O) groups is 1. The van der Waals surface area contributed by atoms with E-state index in [1.165, 1.54) is 18.3 Å². The molecule has 1 fully saturated rings. The van der Waals surface area contributed by atoms with E-state index >= 15 is 0 Å². The SMILES string of the molecule is O=C(NN1CCOCC1)c1cccnc1F. The molecule has 0 aromatic carbocycles. The zero-order valence-corrected chi connectivity index (χ0v) is 8.65. The fraction of sp³-hybridized carbons (Fsp3) is 0.400. The van der Waals surface area contributed by atoms with Crippen LogP contribution in [0.2, 0.25) is 0 Å². The van der Waals surface area contributed by atoms with Gasteiger partial charge in [0.05, 0.1) is 18.8 Å². The Morgan fingerprint density at radius 3 is 2.94 bits per heavy atom. The molecule has 0 radical (unpaired) electrons. The fourth-order valence-electron chi connectivity index (χ4n) is 1.43. The first kappa shape index (κ1) is 11.0. The molecule has 0 saturated carbocycles. The van der Waals surface area contributed by atoms with Crippen LogP contribution in [0.1, 0.15) is 10.4 Å². The number of aromatic nitrogens is 1. The molecule has 1 saturated heterocycles. The highest BCUT2D eigenvalue weighted by Gasteiger charge is 2.16. The highest BCUT2D eigenvalue weighted by molar-refractivity contribution is 5.93. The van der Waals surface area contributed by atoms with E-state index in [-0.39, 0.29) is 5.56 Å². The lowest BCUT2D eigenvalue weighted by atomic mass is 10.2. The summed E-state index contributed by atoms with van der Waals surface area (Å²) in [5.74, 6) is -1.24. The molecular weight excluding hydrogens is 213 g/mol. The number of carbonyl (C=O) groups excluding carboxylic acids is 1. The van der Waals surface area contributed by atoms with Gasteiger partial charge < -0.3 is 4.74 Å². The summed E-state index contributed by atoms with van der Waals surface area (Å²) in [6.45, 7) is 2.34. The van der Waals surface area contributed by atoms with Crippen LogP contribution in [0.4, 0.5) is 4.39 Å². The molecule has 1 aromatic rings. The maximum Gasteiger partial charge on any atom is 0.270 e. The van der Waals surface area contributed by atoms with Crippen LogP contribution in [0.5, 0.6) is 0 Å². The van der Waals surface area contributed by atoms with Crippen LogP contribution >= 0.6 is 0 Å². The quantitative estimate of drug-likeness (QED) is 0.730. The molecule has 0 bridgehead atoms. The van der Waals surface area contributed by atoms with E-state index in [1.807, 2.05) is 0 Å². The number of nitrogens with zero attached hydrogens (tertiary/aromatic N) is 2. The van der Waals surface area contributed by atoms with Crippen molar-refractivity contribution >= 4 is 5.91 Å². The van der Waals surface area contributed by atoms with Crippen LogP contribution in [0.15, 0.2) is 18.3 Å². The first-order chi connectivity index (χ1) is 7.77. The zero-order valence-electron chi connectivity index (χ0n) is 8.65. The fourth-order valence-corrected chi connectivity index (χ4v) is 1.43. The molecule has 5 nitrogen and oxygen atoms in total. The van der Waals surface area contributed by atoms with E-state index in [2.05, 4.69) is 10.4 Å². The maximum atomic E-state index is 13.2. The van der Waals surface area contributed by atoms with Crippen LogP contribution in [0.3, 0.4) is 0 Å². The third-order valence-corrected chi connectivity index (χ3v) is 2.27. The van der Waals surface area contributed by atoms with Gasteiger partial charge in [-0.1, -0.05) is 0 Å². The number of nitrogens with one attached hydrogen (secondary N) is 1. The number of hydrogen-bond donors (Lipinski definition) is 1. The van der Waals surface area contributed by atoms with Gasteiger partial charge in [-0.3, -0.25) is 10.2 Å². The van der Waals surface area contributed by atoms with Gasteiger partial charge in [0.1, 0.15) is 0 Å². The number of rotatable bonds is 2. The molecule has 1 N–H and O–H groups in total. The van der Waals surface area contributed by atoms with Crippen LogP contribution in [0, 0.1) is 5.95 Å². The molecule has 6 heteroatoms. The van der Waals surface area contributed by atoms with Gasteiger partial charge in [0.25, 0.3) is 5.91 Å². The van der Waals surface area contributed by atoms with Gasteiger partial charge in [-0.2, -0.15) is 4.39 Å². The Hall–Kier alpha value is -1.53. The molecular formula is C10H12FN3O2. The van der Waals surface area contributed by atoms with Gasteiger partial charge >= 0.3 is 0 Å². The van der Waals surface area contributed by atoms with Crippen LogP contribution in [-0.4, -0.2) is 42.2 Å². The predicted octanol–water partition coefficient (Wildman–Crippen LogP) is 0.198. The molecule has 1 amide bonds. The van der Waals surface area contributed by atoms with Gasteiger partial charge in [-0.15, -0.1) is 0 Å². The van der Waals surface area contributed by atoms with Crippen molar-refractivity contribution in [3.63, 3.8) is 0 Å². The van der Waals surface area contributed by atoms with Crippen molar-refractivity contribution in [2.24, 2.45) is 0 Å². The minimum Gasteiger partial charge on any atom is -0.379 e. The molecule has 1 aromatic heterocycles. The number of hydrazine groups is 1. The molecule has 86 valence electrons. The van der Waals surface area contributed by atoms with Crippen molar-refractivity contribution in [1.29, 1.82) is 0 Å². The van der Waals surface area contributed by atoms with E-state index in [1.54, 1.807) is 5.01 Å². The number of amides is 1. The minimum atomic E-state index is -0.756. The molecule has 0 spiro atoms. The summed E-state index contributed by atoms with van der Waals surface area (Å²) < 4.78 is 18.3. The average molecular weight is 225 g/mol. The van der Waals surface area contributed by atoms with Crippen molar-refractivity contribution in [2.75, 3.05) is 26.3 Å². The molecule has 16 heavy (non-hydrogen) atoms. The molecule has 1 aliphatic heterocycles. The zero-order chi connectivity index (χ0) is 11.4. The third-order valence-electron chi connectivity index (χ3n) is 2.27. The van der Waals surface area contributed by atoms with Crippen LogP contribution in [-0.2, 0) is 4.74 Å². The summed E-state index contributed by atoms with van der Waals surface area (Å²) in [6.07, 6.45) is 1.31. The van der Waals surface area contributed by atoms with Crippen LogP contribution < -0.4 is 5.43 Å². The maximum absolute atomic E-state index is 13.2. The highest BCUT2D eigenvalue weighted by atomic mass is 19.1. The van der Waals surface area contributed by atoms with Crippen LogP contribution in [0.25, 0.3) is 0 Å². The highest BCUT2D eigenvalue weighted by Crippen LogP contribution is 2.03. The summed E-state index contributed by atoms with van der Waals surface area (Å²) in [6, 6.07) is 2.93. The first-order valence-corrected chi connectivity index (χ1v) is 5.01. The Labute approximate surface area is 92.2 Å². The van der Waals surface area contributed by atoms with Crippen molar-refractivity contribution in [3.05, 3.63) is 29.8 Å². The standard InChI is InChI=1S/C10H12FN3O2/c11-9-8(2-1-3-12-9)10(15)13-14-4-6-16-7-5-14/h1-3H,4-7H2,(H,13,15). The van der Waals surface area contributed by atoms with E-state index in [0.717, 1.165) is 0 Å². The summed E-state index contributed by atoms with van der Waals surface area (Å²) in [5.41, 5.74) is 2.56. The average Bonchev–Trinajstić information content (AvgIpc) is 2.31. The second-order valence-electron chi connectivity index (χ2n) is 3.38. The van der Waals surface area contributed by atoms with Gasteiger partial charge in [0, 0.05) is 19.3 Å². The molecule has 2 heterocycles. The van der Waals surface area contributed by atoms with Gasteiger partial charge in [-0.25, -0.2) is 9.99 Å². The Morgan fingerprint density at radius 1 is 1.50 bits per heavy atom. The molecule has 1 aliphatic rings. The Balaban J connectivity index is 2.00. The molecule has 0 atom stereocenters.